The number of carbonyl (C=O) groups excluding carboxylic acids is 1. The summed E-state index contributed by atoms with van der Waals surface area (Å²) in [5.41, 5.74) is 0.840. The van der Waals surface area contributed by atoms with Crippen LogP contribution in [0.3, 0.4) is 0 Å². The molecule has 0 unspecified atom stereocenters. The Morgan fingerprint density at radius 3 is 2.15 bits per heavy atom. The van der Waals surface area contributed by atoms with Gasteiger partial charge in [0.15, 0.2) is 15.6 Å². The normalized spacial score (nSPS) is 12.0. The maximum atomic E-state index is 12.4. The van der Waals surface area contributed by atoms with Gasteiger partial charge in [-0.2, -0.15) is 0 Å². The summed E-state index contributed by atoms with van der Waals surface area (Å²) in [6.45, 7) is 6.10. The van der Waals surface area contributed by atoms with Crippen molar-refractivity contribution in [2.45, 2.75) is 31.1 Å². The largest absolute Gasteiger partial charge is 0.293 e. The van der Waals surface area contributed by atoms with Crippen LogP contribution < -0.4 is 0 Å². The molecule has 0 heterocycles. The van der Waals surface area contributed by atoms with Crippen LogP contribution in [0.2, 0.25) is 5.02 Å². The van der Waals surface area contributed by atoms with Gasteiger partial charge >= 0.3 is 0 Å². The molecule has 0 fully saturated rings. The van der Waals surface area contributed by atoms with E-state index in [1.807, 2.05) is 20.8 Å². The lowest BCUT2D eigenvalue weighted by atomic mass is 9.86. The second-order valence-electron chi connectivity index (χ2n) is 6.88. The van der Waals surface area contributed by atoms with Gasteiger partial charge in [-0.25, -0.2) is 8.42 Å². The average molecular weight is 396 g/mol. The quantitative estimate of drug-likeness (QED) is 0.429. The van der Waals surface area contributed by atoms with E-state index in [0.29, 0.717) is 0 Å². The molecule has 2 rings (SSSR count). The summed E-state index contributed by atoms with van der Waals surface area (Å²) in [4.78, 5) is 22.2. The first-order chi connectivity index (χ1) is 11.9. The predicted octanol–water partition coefficient (Wildman–Crippen LogP) is 4.20. The molecule has 0 atom stereocenters. The Kier molecular flexibility index (Phi) is 5.53. The molecule has 6 nitrogen and oxygen atoms in total. The highest BCUT2D eigenvalue weighted by Gasteiger charge is 2.24. The molecule has 0 radical (unpaired) electrons. The van der Waals surface area contributed by atoms with Crippen molar-refractivity contribution in [1.29, 1.82) is 0 Å². The van der Waals surface area contributed by atoms with E-state index in [-0.39, 0.29) is 20.9 Å². The molecule has 0 spiro atoms. The van der Waals surface area contributed by atoms with Crippen molar-refractivity contribution in [3.8, 4) is 0 Å². The first kappa shape index (κ1) is 20.1. The molecule has 0 saturated heterocycles. The van der Waals surface area contributed by atoms with Crippen LogP contribution in [-0.4, -0.2) is 24.9 Å². The molecule has 0 bridgehead atoms. The number of hydrogen-bond donors (Lipinski definition) is 0. The average Bonchev–Trinajstić information content (AvgIpc) is 2.53. The number of halogens is 1. The third-order valence-corrected chi connectivity index (χ3v) is 5.79. The molecule has 138 valence electrons. The van der Waals surface area contributed by atoms with Gasteiger partial charge in [-0.05, 0) is 23.1 Å². The molecule has 2 aromatic carbocycles. The molecule has 2 aromatic rings. The van der Waals surface area contributed by atoms with Crippen molar-refractivity contribution in [1.82, 2.24) is 0 Å². The third kappa shape index (κ3) is 4.47. The molecule has 0 saturated carbocycles. The summed E-state index contributed by atoms with van der Waals surface area (Å²) < 4.78 is 24.9. The van der Waals surface area contributed by atoms with E-state index in [2.05, 4.69) is 0 Å². The number of rotatable bonds is 5. The van der Waals surface area contributed by atoms with Gasteiger partial charge in [0.25, 0.3) is 5.69 Å². The number of nitro benzene ring substituents is 1. The predicted molar refractivity (Wildman–Crippen MR) is 99.6 cm³/mol. The second-order valence-corrected chi connectivity index (χ2v) is 9.28. The van der Waals surface area contributed by atoms with Crippen LogP contribution in [0, 0.1) is 10.1 Å². The van der Waals surface area contributed by atoms with Crippen LogP contribution in [0.15, 0.2) is 47.4 Å². The number of sulfone groups is 1. The Morgan fingerprint density at radius 2 is 1.69 bits per heavy atom. The monoisotopic (exact) mass is 395 g/mol. The van der Waals surface area contributed by atoms with Gasteiger partial charge in [0.2, 0.25) is 0 Å². The topological polar surface area (TPSA) is 94.3 Å². The lowest BCUT2D eigenvalue weighted by molar-refractivity contribution is -0.384. The van der Waals surface area contributed by atoms with E-state index < -0.39 is 32.0 Å². The van der Waals surface area contributed by atoms with Gasteiger partial charge in [-0.3, -0.25) is 14.9 Å². The minimum atomic E-state index is -3.97. The smallest absolute Gasteiger partial charge is 0.287 e. The molecule has 0 N–H and O–H groups in total. The van der Waals surface area contributed by atoms with E-state index in [9.17, 15) is 23.3 Å². The summed E-state index contributed by atoms with van der Waals surface area (Å²) in [5.74, 6) is -1.30. The lowest BCUT2D eigenvalue weighted by Gasteiger charge is -2.19. The van der Waals surface area contributed by atoms with E-state index in [1.54, 1.807) is 24.3 Å². The van der Waals surface area contributed by atoms with Crippen molar-refractivity contribution in [2.24, 2.45) is 0 Å². The number of hydrogen-bond acceptors (Lipinski definition) is 5. The van der Waals surface area contributed by atoms with Crippen LogP contribution in [0.1, 0.15) is 36.7 Å². The summed E-state index contributed by atoms with van der Waals surface area (Å²) in [6.07, 6.45) is 0. The van der Waals surface area contributed by atoms with Gasteiger partial charge in [0, 0.05) is 11.6 Å². The molecule has 0 aromatic heterocycles. The number of nitrogens with zero attached hydrogens (tertiary/aromatic N) is 1. The summed E-state index contributed by atoms with van der Waals surface area (Å²) in [7, 11) is -3.97. The standard InChI is InChI=1S/C18H18ClNO5S/c1-18(2,3)13-6-4-12(5-7-13)17(21)11-26(24,25)14-8-9-16(20(22)23)15(19)10-14/h4-10H,11H2,1-3H3. The highest BCUT2D eigenvalue weighted by Crippen LogP contribution is 2.28. The highest BCUT2D eigenvalue weighted by atomic mass is 35.5. The molecule has 8 heteroatoms. The maximum Gasteiger partial charge on any atom is 0.287 e. The SMILES string of the molecule is CC(C)(C)c1ccc(C(=O)CS(=O)(=O)c2ccc([N+](=O)[O-])c(Cl)c2)cc1. The molecule has 26 heavy (non-hydrogen) atoms. The molecule has 0 aliphatic carbocycles. The number of carbonyl (C=O) groups is 1. The zero-order valence-electron chi connectivity index (χ0n) is 14.5. The van der Waals surface area contributed by atoms with Crippen LogP contribution in [-0.2, 0) is 15.3 Å². The van der Waals surface area contributed by atoms with Crippen molar-refractivity contribution in [3.05, 3.63) is 68.7 Å². The zero-order chi connectivity index (χ0) is 19.7. The van der Waals surface area contributed by atoms with E-state index in [1.165, 1.54) is 0 Å². The number of benzene rings is 2. The Bertz CT molecular complexity index is 960. The van der Waals surface area contributed by atoms with Crippen LogP contribution >= 0.6 is 11.6 Å². The van der Waals surface area contributed by atoms with Gasteiger partial charge in [0.1, 0.15) is 10.8 Å². The van der Waals surface area contributed by atoms with Crippen molar-refractivity contribution >= 4 is 32.9 Å². The lowest BCUT2D eigenvalue weighted by Crippen LogP contribution is -2.17. The fraction of sp³-hybridized carbons (Fsp3) is 0.278. The zero-order valence-corrected chi connectivity index (χ0v) is 16.1. The number of ketones is 1. The van der Waals surface area contributed by atoms with Crippen LogP contribution in [0.5, 0.6) is 0 Å². The van der Waals surface area contributed by atoms with Crippen molar-refractivity contribution in [2.75, 3.05) is 5.75 Å². The third-order valence-electron chi connectivity index (χ3n) is 3.87. The minimum absolute atomic E-state index is 0.0802. The Morgan fingerprint density at radius 1 is 1.12 bits per heavy atom. The van der Waals surface area contributed by atoms with Gasteiger partial charge < -0.3 is 0 Å². The van der Waals surface area contributed by atoms with Gasteiger partial charge in [-0.15, -0.1) is 0 Å². The summed E-state index contributed by atoms with van der Waals surface area (Å²) in [5, 5.41) is 10.5. The molecule has 0 amide bonds. The fourth-order valence-electron chi connectivity index (χ4n) is 2.32. The van der Waals surface area contributed by atoms with Gasteiger partial charge in [0.05, 0.1) is 9.82 Å². The highest BCUT2D eigenvalue weighted by molar-refractivity contribution is 7.92. The first-order valence-electron chi connectivity index (χ1n) is 7.72. The number of Topliss-reactive ketones (excluding diaryl/α,β-unsaturated/α-hetero) is 1. The molecule has 0 aliphatic heterocycles. The molecule has 0 aliphatic rings. The number of nitro groups is 1. The fourth-order valence-corrected chi connectivity index (χ4v) is 3.89. The summed E-state index contributed by atoms with van der Waals surface area (Å²) in [6, 6.07) is 9.87. The van der Waals surface area contributed by atoms with Crippen molar-refractivity contribution in [3.63, 3.8) is 0 Å². The van der Waals surface area contributed by atoms with E-state index in [0.717, 1.165) is 23.8 Å². The van der Waals surface area contributed by atoms with Crippen LogP contribution in [0.25, 0.3) is 0 Å². The first-order valence-corrected chi connectivity index (χ1v) is 9.75. The summed E-state index contributed by atoms with van der Waals surface area (Å²) >= 11 is 5.75. The second kappa shape index (κ2) is 7.17. The van der Waals surface area contributed by atoms with E-state index in [4.69, 9.17) is 11.6 Å². The van der Waals surface area contributed by atoms with Crippen LogP contribution in [0.4, 0.5) is 5.69 Å². The minimum Gasteiger partial charge on any atom is -0.293 e. The Hall–Kier alpha value is -2.25. The maximum absolute atomic E-state index is 12.4. The Balaban J connectivity index is 2.25. The van der Waals surface area contributed by atoms with E-state index >= 15 is 0 Å². The van der Waals surface area contributed by atoms with Gasteiger partial charge in [-0.1, -0.05) is 56.6 Å². The van der Waals surface area contributed by atoms with Crippen molar-refractivity contribution < 1.29 is 18.1 Å². The molecular formula is C18H18ClNO5S. The Labute approximate surface area is 156 Å². The molecular weight excluding hydrogens is 378 g/mol.